The third-order valence-electron chi connectivity index (χ3n) is 4.71. The molecule has 0 radical (unpaired) electrons. The maximum atomic E-state index is 11.4. The molecule has 0 saturated carbocycles. The van der Waals surface area contributed by atoms with E-state index in [4.69, 9.17) is 21.4 Å². The van der Waals surface area contributed by atoms with E-state index in [1.807, 2.05) is 22.7 Å². The van der Waals surface area contributed by atoms with E-state index < -0.39 is 5.97 Å². The van der Waals surface area contributed by atoms with Crippen molar-refractivity contribution in [2.45, 2.75) is 18.9 Å². The van der Waals surface area contributed by atoms with E-state index in [1.54, 1.807) is 18.3 Å². The third-order valence-corrected chi connectivity index (χ3v) is 4.93. The summed E-state index contributed by atoms with van der Waals surface area (Å²) in [5.74, 6) is -0.499. The minimum absolute atomic E-state index is 0.0158. The number of carboxylic acid groups (broad SMARTS) is 1. The van der Waals surface area contributed by atoms with Crippen molar-refractivity contribution in [3.05, 3.63) is 41.3 Å². The maximum absolute atomic E-state index is 11.4. The Balaban J connectivity index is 1.85. The molecule has 0 atom stereocenters. The van der Waals surface area contributed by atoms with Crippen molar-refractivity contribution in [2.24, 2.45) is 0 Å². The SMILES string of the molecule is CN(c1ccc(Cl)nc1)c1nn(C2CCOCC2)c2ccc(C(=O)O)nc12. The molecule has 3 aromatic rings. The molecular formula is C18H18ClN5O3. The third kappa shape index (κ3) is 3.33. The van der Waals surface area contributed by atoms with Gasteiger partial charge in [0.05, 0.1) is 23.4 Å². The number of carboxylic acids is 1. The van der Waals surface area contributed by atoms with Gasteiger partial charge in [-0.15, -0.1) is 0 Å². The molecule has 0 bridgehead atoms. The standard InChI is InChI=1S/C18H18ClN5O3/c1-23(12-2-5-15(19)20-10-12)17-16-14(4-3-13(21-16)18(25)26)24(22-17)11-6-8-27-9-7-11/h2-5,10-11H,6-9H2,1H3,(H,25,26). The quantitative estimate of drug-likeness (QED) is 0.686. The second-order valence-electron chi connectivity index (χ2n) is 6.38. The highest BCUT2D eigenvalue weighted by atomic mass is 35.5. The van der Waals surface area contributed by atoms with Crippen LogP contribution in [0.5, 0.6) is 0 Å². The van der Waals surface area contributed by atoms with Crippen molar-refractivity contribution in [1.29, 1.82) is 0 Å². The van der Waals surface area contributed by atoms with Gasteiger partial charge in [-0.1, -0.05) is 11.6 Å². The number of nitrogens with zero attached hydrogens (tertiary/aromatic N) is 5. The molecule has 1 aliphatic rings. The van der Waals surface area contributed by atoms with Gasteiger partial charge in [-0.3, -0.25) is 4.68 Å². The van der Waals surface area contributed by atoms with E-state index in [2.05, 4.69) is 9.97 Å². The number of fused-ring (bicyclic) bond motifs is 1. The fourth-order valence-electron chi connectivity index (χ4n) is 3.25. The Hall–Kier alpha value is -2.71. The van der Waals surface area contributed by atoms with E-state index in [1.165, 1.54) is 6.07 Å². The highest BCUT2D eigenvalue weighted by Crippen LogP contribution is 2.33. The summed E-state index contributed by atoms with van der Waals surface area (Å²) in [5.41, 5.74) is 2.10. The number of aromatic carboxylic acids is 1. The van der Waals surface area contributed by atoms with Crippen LogP contribution in [0.1, 0.15) is 29.4 Å². The van der Waals surface area contributed by atoms with E-state index in [-0.39, 0.29) is 11.7 Å². The van der Waals surface area contributed by atoms with Gasteiger partial charge in [-0.05, 0) is 37.1 Å². The molecule has 4 heterocycles. The number of hydrogen-bond donors (Lipinski definition) is 1. The summed E-state index contributed by atoms with van der Waals surface area (Å²) in [5, 5.41) is 14.5. The first kappa shape index (κ1) is 17.7. The first-order valence-corrected chi connectivity index (χ1v) is 8.98. The molecule has 0 spiro atoms. The molecular weight excluding hydrogens is 370 g/mol. The lowest BCUT2D eigenvalue weighted by Gasteiger charge is -2.23. The normalized spacial score (nSPS) is 15.2. The lowest BCUT2D eigenvalue weighted by atomic mass is 10.1. The van der Waals surface area contributed by atoms with Crippen LogP contribution in [-0.2, 0) is 4.74 Å². The molecule has 1 N–H and O–H groups in total. The second kappa shape index (κ2) is 7.13. The minimum atomic E-state index is -1.07. The molecule has 1 saturated heterocycles. The molecule has 0 aromatic carbocycles. The Kier molecular flexibility index (Phi) is 4.67. The molecule has 140 valence electrons. The smallest absolute Gasteiger partial charge is 0.354 e. The number of anilines is 2. The van der Waals surface area contributed by atoms with E-state index in [9.17, 15) is 9.90 Å². The highest BCUT2D eigenvalue weighted by molar-refractivity contribution is 6.29. The molecule has 27 heavy (non-hydrogen) atoms. The number of ether oxygens (including phenoxy) is 1. The Bertz CT molecular complexity index is 983. The van der Waals surface area contributed by atoms with Gasteiger partial charge in [0.1, 0.15) is 16.4 Å². The van der Waals surface area contributed by atoms with Gasteiger partial charge in [-0.2, -0.15) is 5.10 Å². The van der Waals surface area contributed by atoms with Crippen LogP contribution in [0.4, 0.5) is 11.5 Å². The number of halogens is 1. The van der Waals surface area contributed by atoms with E-state index in [0.717, 1.165) is 24.0 Å². The summed E-state index contributed by atoms with van der Waals surface area (Å²) in [7, 11) is 1.84. The summed E-state index contributed by atoms with van der Waals surface area (Å²) in [6.07, 6.45) is 3.34. The number of pyridine rings is 2. The lowest BCUT2D eigenvalue weighted by molar-refractivity contribution is 0.0675. The zero-order valence-electron chi connectivity index (χ0n) is 14.7. The average Bonchev–Trinajstić information content (AvgIpc) is 3.07. The van der Waals surface area contributed by atoms with Crippen molar-refractivity contribution in [2.75, 3.05) is 25.2 Å². The first-order chi connectivity index (χ1) is 13.0. The van der Waals surface area contributed by atoms with Gasteiger partial charge in [0.25, 0.3) is 0 Å². The highest BCUT2D eigenvalue weighted by Gasteiger charge is 2.24. The number of aromatic nitrogens is 4. The lowest BCUT2D eigenvalue weighted by Crippen LogP contribution is -2.21. The molecule has 9 heteroatoms. The molecule has 0 amide bonds. The van der Waals surface area contributed by atoms with Crippen molar-refractivity contribution in [1.82, 2.24) is 19.7 Å². The molecule has 0 aliphatic carbocycles. The van der Waals surface area contributed by atoms with Gasteiger partial charge >= 0.3 is 5.97 Å². The first-order valence-electron chi connectivity index (χ1n) is 8.60. The van der Waals surface area contributed by atoms with Gasteiger partial charge in [-0.25, -0.2) is 14.8 Å². The average molecular weight is 388 g/mol. The van der Waals surface area contributed by atoms with Gasteiger partial charge in [0.15, 0.2) is 5.82 Å². The molecule has 4 rings (SSSR count). The van der Waals surface area contributed by atoms with Crippen LogP contribution in [-0.4, -0.2) is 51.1 Å². The largest absolute Gasteiger partial charge is 0.477 e. The van der Waals surface area contributed by atoms with E-state index >= 15 is 0 Å². The Morgan fingerprint density at radius 1 is 1.30 bits per heavy atom. The number of hydrogen-bond acceptors (Lipinski definition) is 6. The Morgan fingerprint density at radius 2 is 2.07 bits per heavy atom. The van der Waals surface area contributed by atoms with Crippen LogP contribution in [0, 0.1) is 0 Å². The second-order valence-corrected chi connectivity index (χ2v) is 6.77. The van der Waals surface area contributed by atoms with Gasteiger partial charge in [0.2, 0.25) is 0 Å². The van der Waals surface area contributed by atoms with Crippen molar-refractivity contribution < 1.29 is 14.6 Å². The van der Waals surface area contributed by atoms with Crippen LogP contribution in [0.25, 0.3) is 11.0 Å². The summed E-state index contributed by atoms with van der Waals surface area (Å²) in [6.45, 7) is 1.36. The van der Waals surface area contributed by atoms with Crippen LogP contribution < -0.4 is 4.90 Å². The molecule has 3 aromatic heterocycles. The summed E-state index contributed by atoms with van der Waals surface area (Å²) in [4.78, 5) is 21.7. The van der Waals surface area contributed by atoms with Crippen molar-refractivity contribution >= 4 is 40.1 Å². The summed E-state index contributed by atoms with van der Waals surface area (Å²) < 4.78 is 7.39. The van der Waals surface area contributed by atoms with Crippen molar-refractivity contribution in [3.8, 4) is 0 Å². The predicted octanol–water partition coefficient (Wildman–Crippen LogP) is 3.30. The van der Waals surface area contributed by atoms with Crippen LogP contribution in [0.3, 0.4) is 0 Å². The van der Waals surface area contributed by atoms with Crippen LogP contribution >= 0.6 is 11.6 Å². The monoisotopic (exact) mass is 387 g/mol. The maximum Gasteiger partial charge on any atom is 0.354 e. The molecule has 0 unspecified atom stereocenters. The zero-order valence-corrected chi connectivity index (χ0v) is 15.4. The fraction of sp³-hybridized carbons (Fsp3) is 0.333. The summed E-state index contributed by atoms with van der Waals surface area (Å²) in [6, 6.07) is 6.99. The van der Waals surface area contributed by atoms with E-state index in [0.29, 0.717) is 29.7 Å². The molecule has 1 aliphatic heterocycles. The Labute approximate surface area is 160 Å². The van der Waals surface area contributed by atoms with Crippen LogP contribution in [0.15, 0.2) is 30.5 Å². The van der Waals surface area contributed by atoms with Gasteiger partial charge in [0, 0.05) is 20.3 Å². The molecule has 8 nitrogen and oxygen atoms in total. The number of rotatable bonds is 4. The predicted molar refractivity (Wildman–Crippen MR) is 101 cm³/mol. The van der Waals surface area contributed by atoms with Crippen molar-refractivity contribution in [3.63, 3.8) is 0 Å². The topological polar surface area (TPSA) is 93.4 Å². The minimum Gasteiger partial charge on any atom is -0.477 e. The zero-order chi connectivity index (χ0) is 19.0. The Morgan fingerprint density at radius 3 is 2.74 bits per heavy atom. The fourth-order valence-corrected chi connectivity index (χ4v) is 3.36. The van der Waals surface area contributed by atoms with Crippen LogP contribution in [0.2, 0.25) is 5.15 Å². The van der Waals surface area contributed by atoms with Gasteiger partial charge < -0.3 is 14.7 Å². The molecule has 1 fully saturated rings. The summed E-state index contributed by atoms with van der Waals surface area (Å²) >= 11 is 5.88. The number of carbonyl (C=O) groups is 1.